The third kappa shape index (κ3) is 4.92. The molecule has 2 rings (SSSR count). The Kier molecular flexibility index (Phi) is 6.91. The average molecular weight is 373 g/mol. The largest absolute Gasteiger partial charge is 0.348 e. The lowest BCUT2D eigenvalue weighted by atomic mass is 10.1. The average Bonchev–Trinajstić information content (AvgIpc) is 3.24. The number of aromatic nitrogens is 1. The molecule has 2 N–H and O–H groups in total. The van der Waals surface area contributed by atoms with Crippen LogP contribution in [0.1, 0.15) is 26.6 Å². The van der Waals surface area contributed by atoms with Crippen molar-refractivity contribution in [2.24, 2.45) is 0 Å². The van der Waals surface area contributed by atoms with Gasteiger partial charge in [-0.25, -0.2) is 0 Å². The molecule has 0 unspecified atom stereocenters. The first-order chi connectivity index (χ1) is 12.4. The molecule has 2 aromatic rings. The van der Waals surface area contributed by atoms with Gasteiger partial charge in [-0.2, -0.15) is 0 Å². The zero-order valence-corrected chi connectivity index (χ0v) is 15.8. The van der Waals surface area contributed by atoms with Gasteiger partial charge in [0.15, 0.2) is 5.78 Å². The summed E-state index contributed by atoms with van der Waals surface area (Å²) in [7, 11) is 0. The molecule has 0 spiro atoms. The molecule has 0 atom stereocenters. The standard InChI is InChI=1S/C19H23N3O3S/c1-4-8-20-18(24)19(25)21-12-17(23)16-11-13(2)22(14(16)3)9-7-15-6-5-10-26-15/h4-6,10-11H,1,7-9,12H2,2-3H3,(H,20,24)(H,21,25). The van der Waals surface area contributed by atoms with Gasteiger partial charge < -0.3 is 15.2 Å². The van der Waals surface area contributed by atoms with Crippen molar-refractivity contribution >= 4 is 28.9 Å². The minimum atomic E-state index is -0.827. The van der Waals surface area contributed by atoms with Crippen LogP contribution in [0.25, 0.3) is 0 Å². The lowest BCUT2D eigenvalue weighted by Crippen LogP contribution is -2.41. The fourth-order valence-electron chi connectivity index (χ4n) is 2.69. The number of rotatable bonds is 8. The van der Waals surface area contributed by atoms with Crippen LogP contribution in [-0.2, 0) is 22.6 Å². The lowest BCUT2D eigenvalue weighted by Gasteiger charge is -2.09. The summed E-state index contributed by atoms with van der Waals surface area (Å²) in [6.07, 6.45) is 2.38. The van der Waals surface area contributed by atoms with Crippen molar-refractivity contribution in [1.29, 1.82) is 0 Å². The van der Waals surface area contributed by atoms with Crippen LogP contribution in [0.4, 0.5) is 0 Å². The summed E-state index contributed by atoms with van der Waals surface area (Å²) in [5.74, 6) is -1.82. The van der Waals surface area contributed by atoms with E-state index in [9.17, 15) is 14.4 Å². The lowest BCUT2D eigenvalue weighted by molar-refractivity contribution is -0.138. The Morgan fingerprint density at radius 3 is 2.62 bits per heavy atom. The normalized spacial score (nSPS) is 10.4. The van der Waals surface area contributed by atoms with E-state index in [-0.39, 0.29) is 18.9 Å². The molecular weight excluding hydrogens is 350 g/mol. The molecule has 0 radical (unpaired) electrons. The Morgan fingerprint density at radius 1 is 1.23 bits per heavy atom. The van der Waals surface area contributed by atoms with Crippen LogP contribution >= 0.6 is 11.3 Å². The van der Waals surface area contributed by atoms with Crippen LogP contribution in [0.3, 0.4) is 0 Å². The van der Waals surface area contributed by atoms with E-state index < -0.39 is 11.8 Å². The van der Waals surface area contributed by atoms with E-state index in [0.717, 1.165) is 24.4 Å². The fourth-order valence-corrected chi connectivity index (χ4v) is 3.38. The Morgan fingerprint density at radius 2 is 1.96 bits per heavy atom. The monoisotopic (exact) mass is 373 g/mol. The number of nitrogens with zero attached hydrogens (tertiary/aromatic N) is 1. The number of carbonyl (C=O) groups is 3. The number of Topliss-reactive ketones (excluding diaryl/α,β-unsaturated/α-hetero) is 1. The molecule has 6 nitrogen and oxygen atoms in total. The zero-order valence-electron chi connectivity index (χ0n) is 15.0. The number of carbonyl (C=O) groups excluding carboxylic acids is 3. The van der Waals surface area contributed by atoms with Crippen molar-refractivity contribution in [3.8, 4) is 0 Å². The molecule has 2 heterocycles. The summed E-state index contributed by atoms with van der Waals surface area (Å²) in [5.41, 5.74) is 2.44. The first-order valence-corrected chi connectivity index (χ1v) is 9.21. The Bertz CT molecular complexity index is 806. The van der Waals surface area contributed by atoms with Crippen LogP contribution in [0, 0.1) is 13.8 Å². The number of nitrogens with one attached hydrogen (secondary N) is 2. The Labute approximate surface area is 156 Å². The number of aryl methyl sites for hydroxylation is 2. The molecule has 0 aliphatic heterocycles. The summed E-state index contributed by atoms with van der Waals surface area (Å²) in [4.78, 5) is 36.9. The summed E-state index contributed by atoms with van der Waals surface area (Å²) >= 11 is 1.71. The number of hydrogen-bond donors (Lipinski definition) is 2. The highest BCUT2D eigenvalue weighted by molar-refractivity contribution is 7.09. The van der Waals surface area contributed by atoms with Crippen molar-refractivity contribution in [2.45, 2.75) is 26.8 Å². The Hall–Kier alpha value is -2.67. The SMILES string of the molecule is C=CCNC(=O)C(=O)NCC(=O)c1cc(C)n(CCc2cccs2)c1C. The molecule has 2 aromatic heterocycles. The molecule has 0 aliphatic rings. The predicted molar refractivity (Wildman–Crippen MR) is 102 cm³/mol. The van der Waals surface area contributed by atoms with Gasteiger partial charge >= 0.3 is 11.8 Å². The van der Waals surface area contributed by atoms with Crippen molar-refractivity contribution in [3.63, 3.8) is 0 Å². The van der Waals surface area contributed by atoms with Crippen LogP contribution < -0.4 is 10.6 Å². The second-order valence-electron chi connectivity index (χ2n) is 5.87. The van der Waals surface area contributed by atoms with Crippen molar-refractivity contribution in [2.75, 3.05) is 13.1 Å². The van der Waals surface area contributed by atoms with Gasteiger partial charge in [-0.05, 0) is 37.8 Å². The molecule has 0 saturated heterocycles. The molecule has 0 fully saturated rings. The second kappa shape index (κ2) is 9.15. The van der Waals surface area contributed by atoms with E-state index in [4.69, 9.17) is 0 Å². The summed E-state index contributed by atoms with van der Waals surface area (Å²) in [6.45, 7) is 8.09. The Balaban J connectivity index is 1.96. The van der Waals surface area contributed by atoms with Gasteiger partial charge in [0, 0.05) is 34.9 Å². The highest BCUT2D eigenvalue weighted by Crippen LogP contribution is 2.18. The molecule has 0 saturated carbocycles. The van der Waals surface area contributed by atoms with E-state index in [1.165, 1.54) is 11.0 Å². The van der Waals surface area contributed by atoms with Gasteiger partial charge in [-0.3, -0.25) is 14.4 Å². The van der Waals surface area contributed by atoms with Gasteiger partial charge in [0.2, 0.25) is 0 Å². The molecule has 26 heavy (non-hydrogen) atoms. The van der Waals surface area contributed by atoms with Crippen LogP contribution in [0.5, 0.6) is 0 Å². The highest BCUT2D eigenvalue weighted by atomic mass is 32.1. The van der Waals surface area contributed by atoms with Crippen LogP contribution in [0.15, 0.2) is 36.2 Å². The third-order valence-corrected chi connectivity index (χ3v) is 4.99. The van der Waals surface area contributed by atoms with E-state index in [0.29, 0.717) is 5.56 Å². The molecular formula is C19H23N3O3S. The quantitative estimate of drug-likeness (QED) is 0.422. The molecule has 0 aromatic carbocycles. The summed E-state index contributed by atoms with van der Waals surface area (Å²) in [6, 6.07) is 5.95. The van der Waals surface area contributed by atoms with Gasteiger partial charge in [0.1, 0.15) is 0 Å². The van der Waals surface area contributed by atoms with Gasteiger partial charge in [0.25, 0.3) is 0 Å². The highest BCUT2D eigenvalue weighted by Gasteiger charge is 2.18. The summed E-state index contributed by atoms with van der Waals surface area (Å²) < 4.78 is 2.10. The maximum atomic E-state index is 12.4. The smallest absolute Gasteiger partial charge is 0.309 e. The van der Waals surface area contributed by atoms with Gasteiger partial charge in [0.05, 0.1) is 6.54 Å². The first kappa shape index (κ1) is 19.7. The minimum Gasteiger partial charge on any atom is -0.348 e. The van der Waals surface area contributed by atoms with E-state index >= 15 is 0 Å². The van der Waals surface area contributed by atoms with Crippen molar-refractivity contribution < 1.29 is 14.4 Å². The maximum Gasteiger partial charge on any atom is 0.309 e. The van der Waals surface area contributed by atoms with Crippen LogP contribution in [0.2, 0.25) is 0 Å². The summed E-state index contributed by atoms with van der Waals surface area (Å²) in [5, 5.41) is 6.77. The van der Waals surface area contributed by atoms with Crippen molar-refractivity contribution in [3.05, 3.63) is 58.1 Å². The van der Waals surface area contributed by atoms with Crippen LogP contribution in [-0.4, -0.2) is 35.3 Å². The molecule has 7 heteroatoms. The molecule has 0 aliphatic carbocycles. The van der Waals surface area contributed by atoms with E-state index in [1.54, 1.807) is 11.3 Å². The maximum absolute atomic E-state index is 12.4. The van der Waals surface area contributed by atoms with Gasteiger partial charge in [-0.1, -0.05) is 12.1 Å². The third-order valence-electron chi connectivity index (χ3n) is 4.06. The molecule has 0 bridgehead atoms. The first-order valence-electron chi connectivity index (χ1n) is 8.33. The van der Waals surface area contributed by atoms with E-state index in [2.05, 4.69) is 27.8 Å². The second-order valence-corrected chi connectivity index (χ2v) is 6.90. The zero-order chi connectivity index (χ0) is 19.1. The van der Waals surface area contributed by atoms with E-state index in [1.807, 2.05) is 31.4 Å². The number of hydrogen-bond acceptors (Lipinski definition) is 4. The number of amides is 2. The number of ketones is 1. The topological polar surface area (TPSA) is 80.2 Å². The fraction of sp³-hybridized carbons (Fsp3) is 0.316. The molecule has 2 amide bonds. The van der Waals surface area contributed by atoms with Gasteiger partial charge in [-0.15, -0.1) is 17.9 Å². The molecule has 138 valence electrons. The number of thiophene rings is 1. The minimum absolute atomic E-state index is 0.200. The van der Waals surface area contributed by atoms with Crippen molar-refractivity contribution in [1.82, 2.24) is 15.2 Å². The predicted octanol–water partition coefficient (Wildman–Crippen LogP) is 2.01.